The first-order valence-corrected chi connectivity index (χ1v) is 8.30. The molecule has 1 aromatic rings. The van der Waals surface area contributed by atoms with Crippen LogP contribution < -0.4 is 5.32 Å². The molecule has 0 fully saturated rings. The number of nitrogens with one attached hydrogen (secondary N) is 1. The average Bonchev–Trinajstić information content (AvgIpc) is 2.40. The van der Waals surface area contributed by atoms with Gasteiger partial charge in [0.15, 0.2) is 0 Å². The van der Waals surface area contributed by atoms with Gasteiger partial charge in [-0.05, 0) is 49.4 Å². The fourth-order valence-electron chi connectivity index (χ4n) is 3.44. The minimum atomic E-state index is 0.313. The molecule has 1 N–H and O–H groups in total. The predicted octanol–water partition coefficient (Wildman–Crippen LogP) is 3.88. The van der Waals surface area contributed by atoms with Crippen LogP contribution in [0.5, 0.6) is 0 Å². The minimum Gasteiger partial charge on any atom is -0.308 e. The van der Waals surface area contributed by atoms with Crippen molar-refractivity contribution in [3.63, 3.8) is 0 Å². The maximum atomic E-state index is 3.99. The topological polar surface area (TPSA) is 15.3 Å². The number of benzene rings is 1. The van der Waals surface area contributed by atoms with Crippen LogP contribution in [0, 0.1) is 11.3 Å². The molecule has 1 aromatic carbocycles. The standard InChI is InChI=1S/C19H32N2/c1-14(2)17(13-21(5)6)20-18-16-10-8-7-9-15(16)11-12-19(18,3)4/h7-10,14,17-18,20H,11-13H2,1-6H3. The van der Waals surface area contributed by atoms with Gasteiger partial charge in [0.2, 0.25) is 0 Å². The highest BCUT2D eigenvalue weighted by Gasteiger charge is 2.37. The van der Waals surface area contributed by atoms with E-state index in [1.165, 1.54) is 24.0 Å². The first kappa shape index (κ1) is 16.5. The van der Waals surface area contributed by atoms with Gasteiger partial charge < -0.3 is 10.2 Å². The van der Waals surface area contributed by atoms with Crippen LogP contribution in [0.4, 0.5) is 0 Å². The van der Waals surface area contributed by atoms with Gasteiger partial charge in [-0.2, -0.15) is 0 Å². The van der Waals surface area contributed by atoms with Crippen LogP contribution in [-0.2, 0) is 6.42 Å². The first-order chi connectivity index (χ1) is 9.81. The lowest BCUT2D eigenvalue weighted by molar-refractivity contribution is 0.165. The van der Waals surface area contributed by atoms with E-state index in [4.69, 9.17) is 0 Å². The third kappa shape index (κ3) is 3.87. The molecule has 0 aliphatic heterocycles. The van der Waals surface area contributed by atoms with Crippen LogP contribution in [-0.4, -0.2) is 31.6 Å². The Morgan fingerprint density at radius 1 is 1.24 bits per heavy atom. The molecule has 1 aliphatic rings. The summed E-state index contributed by atoms with van der Waals surface area (Å²) in [6.45, 7) is 10.6. The van der Waals surface area contributed by atoms with Crippen molar-refractivity contribution in [1.29, 1.82) is 0 Å². The van der Waals surface area contributed by atoms with E-state index in [2.05, 4.69) is 76.3 Å². The molecule has 2 unspecified atom stereocenters. The summed E-state index contributed by atoms with van der Waals surface area (Å²) in [4.78, 5) is 2.29. The van der Waals surface area contributed by atoms with Crippen LogP contribution in [0.1, 0.15) is 51.3 Å². The third-order valence-electron chi connectivity index (χ3n) is 4.93. The maximum Gasteiger partial charge on any atom is 0.0377 e. The Balaban J connectivity index is 2.27. The lowest BCUT2D eigenvalue weighted by atomic mass is 9.70. The molecular weight excluding hydrogens is 256 g/mol. The first-order valence-electron chi connectivity index (χ1n) is 8.30. The molecule has 0 heterocycles. The van der Waals surface area contributed by atoms with Gasteiger partial charge in [0.05, 0.1) is 0 Å². The molecule has 0 saturated carbocycles. The molecule has 2 rings (SSSR count). The van der Waals surface area contributed by atoms with Crippen LogP contribution in [0.2, 0.25) is 0 Å². The smallest absolute Gasteiger partial charge is 0.0377 e. The van der Waals surface area contributed by atoms with Crippen LogP contribution >= 0.6 is 0 Å². The summed E-state index contributed by atoms with van der Waals surface area (Å²) in [5.41, 5.74) is 3.35. The van der Waals surface area contributed by atoms with E-state index in [1.54, 1.807) is 0 Å². The van der Waals surface area contributed by atoms with Gasteiger partial charge in [-0.1, -0.05) is 52.0 Å². The fraction of sp³-hybridized carbons (Fsp3) is 0.684. The van der Waals surface area contributed by atoms with Crippen LogP contribution in [0.15, 0.2) is 24.3 Å². The minimum absolute atomic E-state index is 0.313. The van der Waals surface area contributed by atoms with E-state index < -0.39 is 0 Å². The largest absolute Gasteiger partial charge is 0.308 e. The Kier molecular flexibility index (Phi) is 5.11. The molecular formula is C19H32N2. The van der Waals surface area contributed by atoms with Crippen molar-refractivity contribution < 1.29 is 0 Å². The van der Waals surface area contributed by atoms with Crippen molar-refractivity contribution in [3.05, 3.63) is 35.4 Å². The molecule has 2 heteroatoms. The van der Waals surface area contributed by atoms with Crippen molar-refractivity contribution in [2.45, 2.75) is 52.6 Å². The van der Waals surface area contributed by atoms with E-state index >= 15 is 0 Å². The number of fused-ring (bicyclic) bond motifs is 1. The summed E-state index contributed by atoms with van der Waals surface area (Å²) < 4.78 is 0. The molecule has 1 aliphatic carbocycles. The number of likely N-dealkylation sites (N-methyl/N-ethyl adjacent to an activating group) is 1. The summed E-state index contributed by atoms with van der Waals surface area (Å²) >= 11 is 0. The second-order valence-electron chi connectivity index (χ2n) is 7.90. The van der Waals surface area contributed by atoms with Gasteiger partial charge in [-0.25, -0.2) is 0 Å². The van der Waals surface area contributed by atoms with Crippen molar-refractivity contribution in [1.82, 2.24) is 10.2 Å². The zero-order valence-electron chi connectivity index (χ0n) is 14.6. The quantitative estimate of drug-likeness (QED) is 0.884. The summed E-state index contributed by atoms with van der Waals surface area (Å²) in [5, 5.41) is 3.99. The molecule has 2 atom stereocenters. The summed E-state index contributed by atoms with van der Waals surface area (Å²) in [6.07, 6.45) is 2.47. The highest BCUT2D eigenvalue weighted by molar-refractivity contribution is 5.34. The molecule has 0 saturated heterocycles. The Morgan fingerprint density at radius 2 is 1.90 bits per heavy atom. The third-order valence-corrected chi connectivity index (χ3v) is 4.93. The number of hydrogen-bond acceptors (Lipinski definition) is 2. The Hall–Kier alpha value is -0.860. The van der Waals surface area contributed by atoms with Crippen molar-refractivity contribution >= 4 is 0 Å². The van der Waals surface area contributed by atoms with E-state index in [1.807, 2.05) is 0 Å². The van der Waals surface area contributed by atoms with Gasteiger partial charge in [0.25, 0.3) is 0 Å². The number of hydrogen-bond donors (Lipinski definition) is 1. The second-order valence-corrected chi connectivity index (χ2v) is 7.90. The Morgan fingerprint density at radius 3 is 2.52 bits per heavy atom. The number of nitrogens with zero attached hydrogens (tertiary/aromatic N) is 1. The maximum absolute atomic E-state index is 3.99. The summed E-state index contributed by atoms with van der Waals surface area (Å²) in [5.74, 6) is 0.636. The Labute approximate surface area is 130 Å². The number of rotatable bonds is 5. The predicted molar refractivity (Wildman–Crippen MR) is 91.6 cm³/mol. The van der Waals surface area contributed by atoms with Gasteiger partial charge in [-0.3, -0.25) is 0 Å². The highest BCUT2D eigenvalue weighted by atomic mass is 15.1. The molecule has 118 valence electrons. The van der Waals surface area contributed by atoms with Gasteiger partial charge in [0, 0.05) is 18.6 Å². The van der Waals surface area contributed by atoms with Crippen molar-refractivity contribution in [2.75, 3.05) is 20.6 Å². The zero-order chi connectivity index (χ0) is 15.6. The lowest BCUT2D eigenvalue weighted by Gasteiger charge is -2.43. The summed E-state index contributed by atoms with van der Waals surface area (Å²) in [7, 11) is 4.33. The molecule has 0 spiro atoms. The van der Waals surface area contributed by atoms with Gasteiger partial charge in [0.1, 0.15) is 0 Å². The van der Waals surface area contributed by atoms with Crippen LogP contribution in [0.3, 0.4) is 0 Å². The average molecular weight is 288 g/mol. The molecule has 0 bridgehead atoms. The molecule has 21 heavy (non-hydrogen) atoms. The van der Waals surface area contributed by atoms with E-state index in [-0.39, 0.29) is 0 Å². The second kappa shape index (κ2) is 6.50. The fourth-order valence-corrected chi connectivity index (χ4v) is 3.44. The van der Waals surface area contributed by atoms with Gasteiger partial charge in [-0.15, -0.1) is 0 Å². The van der Waals surface area contributed by atoms with E-state index in [9.17, 15) is 0 Å². The molecule has 0 radical (unpaired) electrons. The normalized spacial score (nSPS) is 22.4. The summed E-state index contributed by atoms with van der Waals surface area (Å²) in [6, 6.07) is 9.96. The van der Waals surface area contributed by atoms with Crippen molar-refractivity contribution in [3.8, 4) is 0 Å². The molecule has 0 amide bonds. The molecule has 0 aromatic heterocycles. The lowest BCUT2D eigenvalue weighted by Crippen LogP contribution is -2.48. The van der Waals surface area contributed by atoms with Gasteiger partial charge >= 0.3 is 0 Å². The van der Waals surface area contributed by atoms with Crippen LogP contribution in [0.25, 0.3) is 0 Å². The highest BCUT2D eigenvalue weighted by Crippen LogP contribution is 2.43. The zero-order valence-corrected chi connectivity index (χ0v) is 14.6. The Bertz CT molecular complexity index is 462. The number of aryl methyl sites for hydroxylation is 1. The monoisotopic (exact) mass is 288 g/mol. The molecule has 2 nitrogen and oxygen atoms in total. The SMILES string of the molecule is CC(C)C(CN(C)C)NC1c2ccccc2CCC1(C)C. The van der Waals surface area contributed by atoms with E-state index in [0.717, 1.165) is 6.54 Å². The van der Waals surface area contributed by atoms with E-state index in [0.29, 0.717) is 23.4 Å². The van der Waals surface area contributed by atoms with Crippen molar-refractivity contribution in [2.24, 2.45) is 11.3 Å².